The third-order valence-electron chi connectivity index (χ3n) is 4.46. The first kappa shape index (κ1) is 23.5. The number of hydrogen-bond donors (Lipinski definition) is 1. The maximum Gasteiger partial charge on any atom is 0.336 e. The Morgan fingerprint density at radius 3 is 1.97 bits per heavy atom. The quantitative estimate of drug-likeness (QED) is 0.287. The van der Waals surface area contributed by atoms with Gasteiger partial charge in [0, 0.05) is 23.2 Å². The van der Waals surface area contributed by atoms with Gasteiger partial charge >= 0.3 is 17.9 Å². The smallest absolute Gasteiger partial charge is 0.336 e. The Morgan fingerprint density at radius 2 is 1.47 bits per heavy atom. The van der Waals surface area contributed by atoms with Crippen molar-refractivity contribution in [1.29, 1.82) is 0 Å². The van der Waals surface area contributed by atoms with Gasteiger partial charge < -0.3 is 19.5 Å². The number of thioether (sulfide) groups is 1. The second-order valence-corrected chi connectivity index (χ2v) is 7.48. The van der Waals surface area contributed by atoms with E-state index in [9.17, 15) is 14.4 Å². The summed E-state index contributed by atoms with van der Waals surface area (Å²) in [6.45, 7) is 8.78. The summed E-state index contributed by atoms with van der Waals surface area (Å²) in [6.07, 6.45) is 0. The Bertz CT molecular complexity index is 849. The van der Waals surface area contributed by atoms with Gasteiger partial charge in [-0.05, 0) is 39.3 Å². The van der Waals surface area contributed by atoms with E-state index in [1.54, 1.807) is 27.7 Å². The topological polar surface area (TPSA) is 90.9 Å². The van der Waals surface area contributed by atoms with Gasteiger partial charge in [0.05, 0.1) is 30.3 Å². The van der Waals surface area contributed by atoms with Crippen LogP contribution in [0.2, 0.25) is 0 Å². The summed E-state index contributed by atoms with van der Waals surface area (Å²) in [5.74, 6) is -1.94. The highest BCUT2D eigenvalue weighted by Gasteiger charge is 2.38. The second kappa shape index (κ2) is 10.9. The molecule has 30 heavy (non-hydrogen) atoms. The number of rotatable bonds is 8. The Labute approximate surface area is 180 Å². The minimum atomic E-state index is -0.676. The molecule has 0 saturated heterocycles. The third kappa shape index (κ3) is 5.44. The number of carbonyl (C=O) groups excluding carboxylic acids is 3. The van der Waals surface area contributed by atoms with E-state index >= 15 is 0 Å². The van der Waals surface area contributed by atoms with Crippen LogP contribution in [0, 0.1) is 0 Å². The lowest BCUT2D eigenvalue weighted by Gasteiger charge is -2.31. The van der Waals surface area contributed by atoms with Crippen LogP contribution in [0.1, 0.15) is 46.1 Å². The van der Waals surface area contributed by atoms with Crippen LogP contribution in [0.4, 0.5) is 0 Å². The number of hydrogen-bond acceptors (Lipinski definition) is 8. The molecule has 0 spiro atoms. The maximum absolute atomic E-state index is 12.9. The van der Waals surface area contributed by atoms with E-state index in [1.165, 1.54) is 18.7 Å². The predicted molar refractivity (Wildman–Crippen MR) is 113 cm³/mol. The highest BCUT2D eigenvalue weighted by atomic mass is 32.2. The molecular weight excluding hydrogens is 406 g/mol. The number of nitrogens with one attached hydrogen (secondary N) is 1. The molecule has 0 atom stereocenters. The normalized spacial score (nSPS) is 14.3. The van der Waals surface area contributed by atoms with Gasteiger partial charge in [-0.3, -0.25) is 4.79 Å². The van der Waals surface area contributed by atoms with Crippen molar-refractivity contribution < 1.29 is 28.6 Å². The van der Waals surface area contributed by atoms with Crippen LogP contribution in [0.15, 0.2) is 51.7 Å². The number of allylic oxidation sites excluding steroid dienone is 2. The molecule has 0 aromatic heterocycles. The monoisotopic (exact) mass is 433 g/mol. The average molecular weight is 434 g/mol. The fourth-order valence-corrected chi connectivity index (χ4v) is 4.17. The Hall–Kier alpha value is -2.74. The largest absolute Gasteiger partial charge is 0.463 e. The van der Waals surface area contributed by atoms with Gasteiger partial charge in [-0.1, -0.05) is 30.0 Å². The fourth-order valence-electron chi connectivity index (χ4n) is 3.29. The van der Waals surface area contributed by atoms with E-state index in [-0.39, 0.29) is 25.1 Å². The molecule has 1 aliphatic rings. The predicted octanol–water partition coefficient (Wildman–Crippen LogP) is 3.66. The summed E-state index contributed by atoms with van der Waals surface area (Å²) >= 11 is 1.31. The lowest BCUT2D eigenvalue weighted by Crippen LogP contribution is -2.32. The molecule has 0 fully saturated rings. The molecule has 0 unspecified atom stereocenters. The van der Waals surface area contributed by atoms with Crippen LogP contribution in [0.3, 0.4) is 0 Å². The molecule has 0 amide bonds. The molecule has 8 heteroatoms. The number of benzene rings is 1. The second-order valence-electron chi connectivity index (χ2n) is 6.51. The first-order valence-electron chi connectivity index (χ1n) is 9.69. The summed E-state index contributed by atoms with van der Waals surface area (Å²) in [5.41, 5.74) is 2.67. The molecule has 0 saturated carbocycles. The summed E-state index contributed by atoms with van der Waals surface area (Å²) in [5, 5.41) is 3.12. The first-order chi connectivity index (χ1) is 14.3. The number of dihydropyridines is 1. The van der Waals surface area contributed by atoms with Crippen molar-refractivity contribution in [2.75, 3.05) is 19.2 Å². The van der Waals surface area contributed by atoms with Crippen molar-refractivity contribution in [2.24, 2.45) is 0 Å². The summed E-state index contributed by atoms with van der Waals surface area (Å²) < 4.78 is 15.6. The summed E-state index contributed by atoms with van der Waals surface area (Å²) in [4.78, 5) is 37.7. The number of ether oxygens (including phenoxy) is 3. The number of carbonyl (C=O) groups is 3. The van der Waals surface area contributed by atoms with Crippen LogP contribution in [-0.4, -0.2) is 37.1 Å². The molecule has 1 aromatic rings. The van der Waals surface area contributed by atoms with E-state index in [0.717, 1.165) is 10.5 Å². The molecule has 1 aromatic carbocycles. The lowest BCUT2D eigenvalue weighted by atomic mass is 9.80. The molecule has 0 aliphatic carbocycles. The van der Waals surface area contributed by atoms with Crippen LogP contribution in [0.25, 0.3) is 0 Å². The Balaban J connectivity index is 2.61. The molecule has 0 bridgehead atoms. The van der Waals surface area contributed by atoms with E-state index in [0.29, 0.717) is 22.5 Å². The zero-order valence-electron chi connectivity index (χ0n) is 17.9. The maximum atomic E-state index is 12.9. The Morgan fingerprint density at radius 1 is 0.933 bits per heavy atom. The van der Waals surface area contributed by atoms with E-state index in [2.05, 4.69) is 5.32 Å². The van der Waals surface area contributed by atoms with Gasteiger partial charge in [0.25, 0.3) is 0 Å². The standard InChI is InChI=1S/C22H27NO6S/c1-6-27-21(25)18-13(3)23-14(4)19(22(26)28-7-2)20(18)16-10-8-9-11-17(16)30-12-29-15(5)24/h8-11,20,23H,6-7,12H2,1-5H3. The molecular formula is C22H27NO6S. The lowest BCUT2D eigenvalue weighted by molar-refractivity contribution is -0.140. The molecule has 2 rings (SSSR count). The zero-order chi connectivity index (χ0) is 22.3. The minimum absolute atomic E-state index is 0.117. The van der Waals surface area contributed by atoms with Crippen LogP contribution < -0.4 is 5.32 Å². The average Bonchev–Trinajstić information content (AvgIpc) is 2.67. The molecule has 1 aliphatic heterocycles. The van der Waals surface area contributed by atoms with Gasteiger partial charge in [-0.15, -0.1) is 0 Å². The molecule has 162 valence electrons. The third-order valence-corrected chi connectivity index (χ3v) is 5.38. The molecule has 1 heterocycles. The van der Waals surface area contributed by atoms with Crippen molar-refractivity contribution in [3.8, 4) is 0 Å². The van der Waals surface area contributed by atoms with Gasteiger partial charge in [0.1, 0.15) is 5.94 Å². The molecule has 1 N–H and O–H groups in total. The van der Waals surface area contributed by atoms with E-state index < -0.39 is 17.9 Å². The first-order valence-corrected chi connectivity index (χ1v) is 10.7. The van der Waals surface area contributed by atoms with Crippen LogP contribution >= 0.6 is 11.8 Å². The highest BCUT2D eigenvalue weighted by Crippen LogP contribution is 2.42. The van der Waals surface area contributed by atoms with Crippen molar-refractivity contribution in [3.63, 3.8) is 0 Å². The van der Waals surface area contributed by atoms with Crippen LogP contribution in [0.5, 0.6) is 0 Å². The SMILES string of the molecule is CCOC(=O)C1=C(C)NC(C)=C(C(=O)OCC)C1c1ccccc1SCOC(C)=O. The van der Waals surface area contributed by atoms with E-state index in [4.69, 9.17) is 14.2 Å². The fraction of sp³-hybridized carbons (Fsp3) is 0.409. The summed E-state index contributed by atoms with van der Waals surface area (Å²) in [6, 6.07) is 7.40. The zero-order valence-corrected chi connectivity index (χ0v) is 18.7. The Kier molecular flexibility index (Phi) is 8.53. The molecule has 0 radical (unpaired) electrons. The minimum Gasteiger partial charge on any atom is -0.463 e. The van der Waals surface area contributed by atoms with Gasteiger partial charge in [0.15, 0.2) is 0 Å². The van der Waals surface area contributed by atoms with Crippen molar-refractivity contribution in [1.82, 2.24) is 5.32 Å². The van der Waals surface area contributed by atoms with Gasteiger partial charge in [-0.25, -0.2) is 9.59 Å². The van der Waals surface area contributed by atoms with Crippen molar-refractivity contribution >= 4 is 29.7 Å². The van der Waals surface area contributed by atoms with Crippen molar-refractivity contribution in [3.05, 3.63) is 52.4 Å². The van der Waals surface area contributed by atoms with Gasteiger partial charge in [0.2, 0.25) is 0 Å². The molecule has 7 nitrogen and oxygen atoms in total. The van der Waals surface area contributed by atoms with Crippen molar-refractivity contribution in [2.45, 2.75) is 45.4 Å². The highest BCUT2D eigenvalue weighted by molar-refractivity contribution is 7.99. The number of esters is 3. The van der Waals surface area contributed by atoms with Gasteiger partial charge in [-0.2, -0.15) is 0 Å². The van der Waals surface area contributed by atoms with E-state index in [1.807, 2.05) is 24.3 Å². The van der Waals surface area contributed by atoms with Crippen LogP contribution in [-0.2, 0) is 28.6 Å². The summed E-state index contributed by atoms with van der Waals surface area (Å²) in [7, 11) is 0.